The fourth-order valence-corrected chi connectivity index (χ4v) is 2.45. The van der Waals surface area contributed by atoms with Crippen LogP contribution in [0.3, 0.4) is 0 Å². The maximum atomic E-state index is 9.32. The minimum Gasteiger partial charge on any atom is -0.508 e. The minimum atomic E-state index is 0.266. The van der Waals surface area contributed by atoms with Crippen LogP contribution in [0.5, 0.6) is 5.75 Å². The molecular weight excluding hydrogens is 238 g/mol. The Morgan fingerprint density at radius 2 is 1.79 bits per heavy atom. The molecule has 1 rings (SSSR count). The average molecular weight is 265 g/mol. The summed E-state index contributed by atoms with van der Waals surface area (Å²) < 4.78 is 0. The van der Waals surface area contributed by atoms with E-state index in [9.17, 15) is 5.11 Å². The molecule has 3 N–H and O–H groups in total. The summed E-state index contributed by atoms with van der Waals surface area (Å²) in [6, 6.07) is 7.72. The highest BCUT2D eigenvalue weighted by atomic mass is 16.3. The molecule has 0 fully saturated rings. The molecule has 0 aliphatic heterocycles. The fourth-order valence-electron chi connectivity index (χ4n) is 2.45. The predicted molar refractivity (Wildman–Crippen MR) is 79.2 cm³/mol. The van der Waals surface area contributed by atoms with Gasteiger partial charge in [-0.2, -0.15) is 0 Å². The zero-order valence-corrected chi connectivity index (χ0v) is 12.1. The van der Waals surface area contributed by atoms with Crippen LogP contribution >= 0.6 is 0 Å². The largest absolute Gasteiger partial charge is 0.508 e. The van der Waals surface area contributed by atoms with Gasteiger partial charge >= 0.3 is 0 Å². The second kappa shape index (κ2) is 8.94. The van der Waals surface area contributed by atoms with Crippen LogP contribution in [0.1, 0.15) is 51.1 Å². The molecule has 0 heterocycles. The van der Waals surface area contributed by atoms with Gasteiger partial charge in [0, 0.05) is 12.6 Å². The summed E-state index contributed by atoms with van der Waals surface area (Å²) in [7, 11) is 0. The van der Waals surface area contributed by atoms with Crippen molar-refractivity contribution in [2.75, 3.05) is 13.2 Å². The van der Waals surface area contributed by atoms with Crippen molar-refractivity contribution in [1.29, 1.82) is 0 Å². The van der Waals surface area contributed by atoms with Crippen molar-refractivity contribution in [2.45, 2.75) is 45.6 Å². The first-order valence-corrected chi connectivity index (χ1v) is 7.34. The second-order valence-corrected chi connectivity index (χ2v) is 5.13. The highest BCUT2D eigenvalue weighted by molar-refractivity contribution is 5.27. The number of phenols is 1. The van der Waals surface area contributed by atoms with Crippen LogP contribution in [0, 0.1) is 5.92 Å². The lowest BCUT2D eigenvalue weighted by molar-refractivity contribution is 0.244. The lowest BCUT2D eigenvalue weighted by Gasteiger charge is -2.22. The highest BCUT2D eigenvalue weighted by Crippen LogP contribution is 2.20. The molecule has 1 aromatic carbocycles. The van der Waals surface area contributed by atoms with Gasteiger partial charge in [0.2, 0.25) is 0 Å². The van der Waals surface area contributed by atoms with Gasteiger partial charge in [-0.3, -0.25) is 0 Å². The average Bonchev–Trinajstić information content (AvgIpc) is 2.41. The molecule has 0 spiro atoms. The summed E-state index contributed by atoms with van der Waals surface area (Å²) in [6.45, 7) is 5.54. The molecule has 108 valence electrons. The van der Waals surface area contributed by atoms with E-state index in [0.29, 0.717) is 17.7 Å². The lowest BCUT2D eigenvalue weighted by atomic mass is 9.98. The van der Waals surface area contributed by atoms with Crippen LogP contribution in [0.15, 0.2) is 24.3 Å². The second-order valence-electron chi connectivity index (χ2n) is 5.13. The van der Waals surface area contributed by atoms with Crippen molar-refractivity contribution in [1.82, 2.24) is 5.32 Å². The van der Waals surface area contributed by atoms with Crippen LogP contribution in [0.2, 0.25) is 0 Å². The topological polar surface area (TPSA) is 52.5 Å². The molecule has 2 unspecified atom stereocenters. The van der Waals surface area contributed by atoms with Gasteiger partial charge < -0.3 is 15.5 Å². The highest BCUT2D eigenvalue weighted by Gasteiger charge is 2.12. The molecule has 0 saturated carbocycles. The summed E-state index contributed by atoms with van der Waals surface area (Å²) in [5.74, 6) is 0.851. The maximum Gasteiger partial charge on any atom is 0.115 e. The van der Waals surface area contributed by atoms with E-state index >= 15 is 0 Å². The molecule has 0 aromatic heterocycles. The zero-order valence-electron chi connectivity index (χ0n) is 12.1. The van der Waals surface area contributed by atoms with Gasteiger partial charge in [-0.15, -0.1) is 0 Å². The maximum absolute atomic E-state index is 9.32. The normalized spacial score (nSPS) is 14.3. The number of benzene rings is 1. The van der Waals surface area contributed by atoms with Crippen LogP contribution in [-0.4, -0.2) is 23.4 Å². The number of aliphatic hydroxyl groups excluding tert-OH is 1. The van der Waals surface area contributed by atoms with Gasteiger partial charge in [-0.25, -0.2) is 0 Å². The van der Waals surface area contributed by atoms with Crippen LogP contribution in [0.25, 0.3) is 0 Å². The van der Waals surface area contributed by atoms with Crippen molar-refractivity contribution in [3.8, 4) is 5.75 Å². The Hall–Kier alpha value is -1.06. The van der Waals surface area contributed by atoms with E-state index in [0.717, 1.165) is 32.2 Å². The summed E-state index contributed by atoms with van der Waals surface area (Å²) in [5.41, 5.74) is 1.21. The molecule has 0 aliphatic rings. The van der Waals surface area contributed by atoms with Crippen molar-refractivity contribution in [3.63, 3.8) is 0 Å². The van der Waals surface area contributed by atoms with E-state index < -0.39 is 0 Å². The SMILES string of the molecule is CCCC(CCO)CNC(CC)c1ccc(O)cc1. The Morgan fingerprint density at radius 1 is 1.11 bits per heavy atom. The molecule has 19 heavy (non-hydrogen) atoms. The third-order valence-electron chi connectivity index (χ3n) is 3.59. The first-order valence-electron chi connectivity index (χ1n) is 7.34. The zero-order chi connectivity index (χ0) is 14.1. The number of aromatic hydroxyl groups is 1. The molecule has 0 amide bonds. The third kappa shape index (κ3) is 5.62. The number of hydrogen-bond donors (Lipinski definition) is 3. The van der Waals surface area contributed by atoms with E-state index in [4.69, 9.17) is 5.11 Å². The lowest BCUT2D eigenvalue weighted by Crippen LogP contribution is -2.27. The number of hydrogen-bond acceptors (Lipinski definition) is 3. The monoisotopic (exact) mass is 265 g/mol. The summed E-state index contributed by atoms with van der Waals surface area (Å²) in [6.07, 6.45) is 4.19. The van der Waals surface area contributed by atoms with Gasteiger partial charge in [-0.05, 0) is 49.4 Å². The number of rotatable bonds is 9. The molecule has 0 aliphatic carbocycles. The van der Waals surface area contributed by atoms with Gasteiger partial charge in [0.25, 0.3) is 0 Å². The Balaban J connectivity index is 2.53. The quantitative estimate of drug-likeness (QED) is 0.642. The third-order valence-corrected chi connectivity index (χ3v) is 3.59. The van der Waals surface area contributed by atoms with Crippen LogP contribution in [-0.2, 0) is 0 Å². The van der Waals surface area contributed by atoms with Crippen molar-refractivity contribution in [2.24, 2.45) is 5.92 Å². The molecule has 0 saturated heterocycles. The van der Waals surface area contributed by atoms with Crippen molar-refractivity contribution >= 4 is 0 Å². The van der Waals surface area contributed by atoms with Crippen LogP contribution in [0.4, 0.5) is 0 Å². The molecule has 0 radical (unpaired) electrons. The molecule has 2 atom stereocenters. The van der Waals surface area contributed by atoms with E-state index in [1.165, 1.54) is 5.56 Å². The van der Waals surface area contributed by atoms with Crippen molar-refractivity contribution in [3.05, 3.63) is 29.8 Å². The van der Waals surface area contributed by atoms with Gasteiger partial charge in [0.1, 0.15) is 5.75 Å². The number of aliphatic hydroxyl groups is 1. The number of nitrogens with one attached hydrogen (secondary N) is 1. The van der Waals surface area contributed by atoms with E-state index in [-0.39, 0.29) is 6.61 Å². The molecule has 3 heteroatoms. The summed E-state index contributed by atoms with van der Waals surface area (Å²) in [4.78, 5) is 0. The molecule has 1 aromatic rings. The van der Waals surface area contributed by atoms with Gasteiger partial charge in [-0.1, -0.05) is 32.4 Å². The van der Waals surface area contributed by atoms with Crippen LogP contribution < -0.4 is 5.32 Å². The van der Waals surface area contributed by atoms with E-state index in [2.05, 4.69) is 19.2 Å². The molecule has 0 bridgehead atoms. The summed E-state index contributed by atoms with van der Waals surface area (Å²) in [5, 5.41) is 22.0. The first-order chi connectivity index (χ1) is 9.21. The molecule has 3 nitrogen and oxygen atoms in total. The Morgan fingerprint density at radius 3 is 2.32 bits per heavy atom. The Kier molecular flexibility index (Phi) is 7.53. The van der Waals surface area contributed by atoms with E-state index in [1.807, 2.05) is 12.1 Å². The van der Waals surface area contributed by atoms with Gasteiger partial charge in [0.05, 0.1) is 0 Å². The smallest absolute Gasteiger partial charge is 0.115 e. The minimum absolute atomic E-state index is 0.266. The molecular formula is C16H27NO2. The standard InChI is InChI=1S/C16H27NO2/c1-3-5-13(10-11-18)12-17-16(4-2)14-6-8-15(19)9-7-14/h6-9,13,16-19H,3-5,10-12H2,1-2H3. The van der Waals surface area contributed by atoms with Crippen molar-refractivity contribution < 1.29 is 10.2 Å². The first kappa shape index (κ1) is 16.0. The predicted octanol–water partition coefficient (Wildman–Crippen LogP) is 3.23. The Labute approximate surface area is 116 Å². The summed E-state index contributed by atoms with van der Waals surface area (Å²) >= 11 is 0. The van der Waals surface area contributed by atoms with E-state index in [1.54, 1.807) is 12.1 Å². The number of phenolic OH excluding ortho intramolecular Hbond substituents is 1. The Bertz CT molecular complexity index is 331. The fraction of sp³-hybridized carbons (Fsp3) is 0.625. The van der Waals surface area contributed by atoms with Gasteiger partial charge in [0.15, 0.2) is 0 Å².